The highest BCUT2D eigenvalue weighted by atomic mass is 32.1. The molecule has 1 amide bonds. The Hall–Kier alpha value is -2.87. The van der Waals surface area contributed by atoms with Crippen molar-refractivity contribution in [1.29, 1.82) is 0 Å². The van der Waals surface area contributed by atoms with E-state index in [9.17, 15) is 9.18 Å². The normalized spacial score (nSPS) is 16.7. The summed E-state index contributed by atoms with van der Waals surface area (Å²) >= 11 is 1.46. The molecule has 2 heterocycles. The van der Waals surface area contributed by atoms with Crippen molar-refractivity contribution < 1.29 is 18.7 Å². The Labute approximate surface area is 172 Å². The van der Waals surface area contributed by atoms with Crippen LogP contribution in [0, 0.1) is 11.7 Å². The second-order valence-corrected chi connectivity index (χ2v) is 7.93. The van der Waals surface area contributed by atoms with Gasteiger partial charge < -0.3 is 19.7 Å². The first-order valence-corrected chi connectivity index (χ1v) is 10.2. The molecular weight excluding hydrogens is 393 g/mol. The Morgan fingerprint density at radius 1 is 1.28 bits per heavy atom. The molecule has 152 valence electrons. The molecule has 0 bridgehead atoms. The summed E-state index contributed by atoms with van der Waals surface area (Å²) in [5, 5.41) is 3.72. The number of carbonyl (C=O) groups excluding carboxylic acids is 1. The van der Waals surface area contributed by atoms with E-state index in [0.717, 1.165) is 29.2 Å². The first-order valence-electron chi connectivity index (χ1n) is 9.42. The first-order chi connectivity index (χ1) is 14.1. The number of anilines is 2. The van der Waals surface area contributed by atoms with Crippen molar-refractivity contribution in [2.24, 2.45) is 5.92 Å². The van der Waals surface area contributed by atoms with E-state index in [1.54, 1.807) is 38.5 Å². The van der Waals surface area contributed by atoms with Crippen LogP contribution >= 0.6 is 11.3 Å². The fourth-order valence-electron chi connectivity index (χ4n) is 3.54. The van der Waals surface area contributed by atoms with Crippen molar-refractivity contribution in [3.8, 4) is 11.5 Å². The van der Waals surface area contributed by atoms with E-state index in [-0.39, 0.29) is 17.6 Å². The van der Waals surface area contributed by atoms with E-state index < -0.39 is 0 Å². The standard InChI is InChI=1S/C21H22FN3O3S/c1-27-14-8-9-16(17(11-14)28-2)23-20(26)13-5-4-10-25(12-13)21-24-19-15(22)6-3-7-18(19)29-21/h3,6-9,11,13H,4-5,10,12H2,1-2H3,(H,23,26). The third-order valence-corrected chi connectivity index (χ3v) is 6.17. The SMILES string of the molecule is COc1ccc(NC(=O)C2CCCN(c3nc4c(F)cccc4s3)C2)c(OC)c1. The summed E-state index contributed by atoms with van der Waals surface area (Å²) in [7, 11) is 3.14. The van der Waals surface area contributed by atoms with Crippen molar-refractivity contribution >= 4 is 38.3 Å². The molecule has 1 aromatic heterocycles. The maximum atomic E-state index is 14.0. The summed E-state index contributed by atoms with van der Waals surface area (Å²) in [6, 6.07) is 10.3. The van der Waals surface area contributed by atoms with Gasteiger partial charge in [0.2, 0.25) is 5.91 Å². The molecule has 1 aliphatic rings. The number of nitrogens with zero attached hydrogens (tertiary/aromatic N) is 2. The number of carbonyl (C=O) groups is 1. The van der Waals surface area contributed by atoms with Gasteiger partial charge in [-0.1, -0.05) is 17.4 Å². The van der Waals surface area contributed by atoms with Crippen molar-refractivity contribution in [3.63, 3.8) is 0 Å². The molecule has 1 N–H and O–H groups in total. The number of methoxy groups -OCH3 is 2. The Bertz CT molecular complexity index is 1040. The van der Waals surface area contributed by atoms with Crippen LogP contribution in [0.2, 0.25) is 0 Å². The molecule has 0 aliphatic carbocycles. The molecule has 1 saturated heterocycles. The average Bonchev–Trinajstić information content (AvgIpc) is 3.20. The number of halogens is 1. The molecule has 1 unspecified atom stereocenters. The molecule has 2 aromatic carbocycles. The lowest BCUT2D eigenvalue weighted by atomic mass is 9.97. The van der Waals surface area contributed by atoms with Gasteiger partial charge in [0.25, 0.3) is 0 Å². The Balaban J connectivity index is 1.49. The number of benzene rings is 2. The second kappa shape index (κ2) is 8.24. The van der Waals surface area contributed by atoms with Crippen LogP contribution in [0.4, 0.5) is 15.2 Å². The van der Waals surface area contributed by atoms with Crippen molar-refractivity contribution in [3.05, 3.63) is 42.2 Å². The highest BCUT2D eigenvalue weighted by Crippen LogP contribution is 2.34. The average molecular weight is 415 g/mol. The fraction of sp³-hybridized carbons (Fsp3) is 0.333. The molecule has 0 radical (unpaired) electrons. The lowest BCUT2D eigenvalue weighted by Crippen LogP contribution is -2.40. The molecule has 0 spiro atoms. The Morgan fingerprint density at radius 2 is 2.14 bits per heavy atom. The van der Waals surface area contributed by atoms with Gasteiger partial charge >= 0.3 is 0 Å². The first kappa shape index (κ1) is 19.4. The number of amides is 1. The summed E-state index contributed by atoms with van der Waals surface area (Å²) in [4.78, 5) is 19.4. The third kappa shape index (κ3) is 3.98. The largest absolute Gasteiger partial charge is 0.497 e. The summed E-state index contributed by atoms with van der Waals surface area (Å²) < 4.78 is 25.4. The number of piperidine rings is 1. The molecule has 0 saturated carbocycles. The summed E-state index contributed by atoms with van der Waals surface area (Å²) in [6.07, 6.45) is 1.66. The monoisotopic (exact) mass is 415 g/mol. The second-order valence-electron chi connectivity index (χ2n) is 6.92. The number of hydrogen-bond donors (Lipinski definition) is 1. The van der Waals surface area contributed by atoms with Crippen LogP contribution in [0.15, 0.2) is 36.4 Å². The van der Waals surface area contributed by atoms with Gasteiger partial charge in [0.15, 0.2) is 5.13 Å². The molecule has 3 aromatic rings. The number of ether oxygens (including phenoxy) is 2. The van der Waals surface area contributed by atoms with E-state index in [2.05, 4.69) is 15.2 Å². The molecule has 4 rings (SSSR count). The minimum Gasteiger partial charge on any atom is -0.497 e. The predicted molar refractivity (Wildman–Crippen MR) is 113 cm³/mol. The number of aromatic nitrogens is 1. The van der Waals surface area contributed by atoms with Crippen LogP contribution in [0.3, 0.4) is 0 Å². The zero-order valence-electron chi connectivity index (χ0n) is 16.3. The molecule has 8 heteroatoms. The molecule has 29 heavy (non-hydrogen) atoms. The van der Waals surface area contributed by atoms with Gasteiger partial charge in [0.05, 0.1) is 30.5 Å². The van der Waals surface area contributed by atoms with Crippen LogP contribution in [0.5, 0.6) is 11.5 Å². The van der Waals surface area contributed by atoms with Crippen LogP contribution in [0.25, 0.3) is 10.2 Å². The van der Waals surface area contributed by atoms with Gasteiger partial charge in [-0.15, -0.1) is 0 Å². The number of thiazole rings is 1. The molecule has 1 atom stereocenters. The number of nitrogens with one attached hydrogen (secondary N) is 1. The summed E-state index contributed by atoms with van der Waals surface area (Å²) in [6.45, 7) is 1.35. The number of hydrogen-bond acceptors (Lipinski definition) is 6. The van der Waals surface area contributed by atoms with Gasteiger partial charge in [-0.25, -0.2) is 9.37 Å². The van der Waals surface area contributed by atoms with E-state index in [1.807, 2.05) is 6.07 Å². The Morgan fingerprint density at radius 3 is 2.90 bits per heavy atom. The highest BCUT2D eigenvalue weighted by molar-refractivity contribution is 7.22. The van der Waals surface area contributed by atoms with E-state index in [4.69, 9.17) is 9.47 Å². The highest BCUT2D eigenvalue weighted by Gasteiger charge is 2.28. The quantitative estimate of drug-likeness (QED) is 0.673. The maximum Gasteiger partial charge on any atom is 0.229 e. The lowest BCUT2D eigenvalue weighted by Gasteiger charge is -2.31. The van der Waals surface area contributed by atoms with Crippen LogP contribution < -0.4 is 19.7 Å². The molecule has 1 fully saturated rings. The van der Waals surface area contributed by atoms with Crippen LogP contribution in [-0.4, -0.2) is 38.2 Å². The lowest BCUT2D eigenvalue weighted by molar-refractivity contribution is -0.120. The predicted octanol–water partition coefficient (Wildman–Crippen LogP) is 4.31. The number of para-hydroxylation sites is 1. The van der Waals surface area contributed by atoms with Gasteiger partial charge in [-0.3, -0.25) is 4.79 Å². The minimum absolute atomic E-state index is 0.0644. The zero-order chi connectivity index (χ0) is 20.4. The maximum absolute atomic E-state index is 14.0. The number of fused-ring (bicyclic) bond motifs is 1. The van der Waals surface area contributed by atoms with Gasteiger partial charge in [-0.2, -0.15) is 0 Å². The molecule has 1 aliphatic heterocycles. The smallest absolute Gasteiger partial charge is 0.229 e. The summed E-state index contributed by atoms with van der Waals surface area (Å²) in [5.41, 5.74) is 1.000. The van der Waals surface area contributed by atoms with Gasteiger partial charge in [0.1, 0.15) is 22.8 Å². The molecule has 6 nitrogen and oxygen atoms in total. The van der Waals surface area contributed by atoms with Gasteiger partial charge in [0, 0.05) is 19.2 Å². The van der Waals surface area contributed by atoms with Gasteiger partial charge in [-0.05, 0) is 37.1 Å². The van der Waals surface area contributed by atoms with E-state index >= 15 is 0 Å². The fourth-order valence-corrected chi connectivity index (χ4v) is 4.55. The summed E-state index contributed by atoms with van der Waals surface area (Å²) in [5.74, 6) is 0.638. The van der Waals surface area contributed by atoms with Crippen LogP contribution in [-0.2, 0) is 4.79 Å². The third-order valence-electron chi connectivity index (χ3n) is 5.09. The Kier molecular flexibility index (Phi) is 5.53. The minimum atomic E-state index is -0.317. The van der Waals surface area contributed by atoms with E-state index in [0.29, 0.717) is 29.2 Å². The van der Waals surface area contributed by atoms with Crippen molar-refractivity contribution in [2.75, 3.05) is 37.5 Å². The number of rotatable bonds is 5. The zero-order valence-corrected chi connectivity index (χ0v) is 17.1. The molecular formula is C21H22FN3O3S. The van der Waals surface area contributed by atoms with Crippen molar-refractivity contribution in [2.45, 2.75) is 12.8 Å². The van der Waals surface area contributed by atoms with E-state index in [1.165, 1.54) is 17.4 Å². The van der Waals surface area contributed by atoms with Crippen molar-refractivity contribution in [1.82, 2.24) is 4.98 Å². The topological polar surface area (TPSA) is 63.7 Å². The van der Waals surface area contributed by atoms with Crippen LogP contribution in [0.1, 0.15) is 12.8 Å².